The van der Waals surface area contributed by atoms with Crippen LogP contribution in [0.2, 0.25) is 0 Å². The van der Waals surface area contributed by atoms with Crippen molar-refractivity contribution >= 4 is 22.2 Å². The Balaban J connectivity index is 1.71. The van der Waals surface area contributed by atoms with Gasteiger partial charge in [-0.2, -0.15) is 0 Å². The third-order valence-electron chi connectivity index (χ3n) is 4.40. The molecular weight excluding hydrogens is 310 g/mol. The van der Waals surface area contributed by atoms with Crippen molar-refractivity contribution in [2.45, 2.75) is 0 Å². The Morgan fingerprint density at radius 3 is 2.08 bits per heavy atom. The standard InChI is InChI=1S/C21H13N3O/c25-16-8-6-13-11-15(7-5-14(13)12-16)24-19-17-3-1-9-22-20(17)21-18(19)4-2-10-23-21/h1-12,25H. The van der Waals surface area contributed by atoms with Crippen LogP contribution in [0.25, 0.3) is 22.2 Å². The van der Waals surface area contributed by atoms with E-state index in [-0.39, 0.29) is 5.75 Å². The predicted molar refractivity (Wildman–Crippen MR) is 98.4 cm³/mol. The van der Waals surface area contributed by atoms with E-state index in [1.165, 1.54) is 0 Å². The van der Waals surface area contributed by atoms with E-state index in [0.29, 0.717) is 0 Å². The average molecular weight is 323 g/mol. The third-order valence-corrected chi connectivity index (χ3v) is 4.40. The molecule has 0 fully saturated rings. The number of benzene rings is 2. The maximum atomic E-state index is 9.61. The average Bonchev–Trinajstić information content (AvgIpc) is 2.96. The molecule has 5 rings (SSSR count). The summed E-state index contributed by atoms with van der Waals surface area (Å²) in [6.07, 6.45) is 3.56. The normalized spacial score (nSPS) is 12.1. The summed E-state index contributed by atoms with van der Waals surface area (Å²) in [4.78, 5) is 13.8. The van der Waals surface area contributed by atoms with Crippen LogP contribution in [0.15, 0.2) is 78.0 Å². The Morgan fingerprint density at radius 2 is 1.36 bits per heavy atom. The number of fused-ring (bicyclic) bond motifs is 4. The van der Waals surface area contributed by atoms with Crippen LogP contribution in [0.3, 0.4) is 0 Å². The maximum Gasteiger partial charge on any atom is 0.116 e. The van der Waals surface area contributed by atoms with E-state index in [1.807, 2.05) is 48.5 Å². The summed E-state index contributed by atoms with van der Waals surface area (Å²) >= 11 is 0. The minimum atomic E-state index is 0.266. The summed E-state index contributed by atoms with van der Waals surface area (Å²) in [6.45, 7) is 0. The molecule has 1 aliphatic rings. The molecule has 1 N–H and O–H groups in total. The lowest BCUT2D eigenvalue weighted by atomic mass is 10.1. The Bertz CT molecular complexity index is 1120. The van der Waals surface area contributed by atoms with E-state index in [9.17, 15) is 5.11 Å². The zero-order chi connectivity index (χ0) is 16.8. The number of aromatic hydroxyl groups is 1. The van der Waals surface area contributed by atoms with E-state index in [1.54, 1.807) is 24.5 Å². The molecule has 25 heavy (non-hydrogen) atoms. The van der Waals surface area contributed by atoms with Crippen molar-refractivity contribution in [3.05, 3.63) is 84.2 Å². The lowest BCUT2D eigenvalue weighted by molar-refractivity contribution is 0.476. The first-order chi connectivity index (χ1) is 12.3. The molecule has 0 aliphatic heterocycles. The Hall–Kier alpha value is -3.53. The molecule has 0 unspecified atom stereocenters. The zero-order valence-corrected chi connectivity index (χ0v) is 13.2. The number of nitrogens with zero attached hydrogens (tertiary/aromatic N) is 3. The molecule has 0 saturated carbocycles. The van der Waals surface area contributed by atoms with Crippen molar-refractivity contribution < 1.29 is 5.11 Å². The maximum absolute atomic E-state index is 9.61. The highest BCUT2D eigenvalue weighted by atomic mass is 16.3. The minimum absolute atomic E-state index is 0.266. The van der Waals surface area contributed by atoms with Crippen LogP contribution >= 0.6 is 0 Å². The van der Waals surface area contributed by atoms with Gasteiger partial charge in [0.05, 0.1) is 22.8 Å². The Kier molecular flexibility index (Phi) is 2.91. The number of aromatic nitrogens is 2. The monoisotopic (exact) mass is 323 g/mol. The second kappa shape index (κ2) is 5.24. The van der Waals surface area contributed by atoms with Crippen LogP contribution in [-0.2, 0) is 0 Å². The third kappa shape index (κ3) is 2.19. The van der Waals surface area contributed by atoms with Crippen LogP contribution in [0, 0.1) is 0 Å². The first kappa shape index (κ1) is 13.9. The van der Waals surface area contributed by atoms with Gasteiger partial charge in [-0.05, 0) is 59.3 Å². The van der Waals surface area contributed by atoms with Gasteiger partial charge in [-0.1, -0.05) is 12.1 Å². The van der Waals surface area contributed by atoms with Gasteiger partial charge in [-0.15, -0.1) is 0 Å². The fraction of sp³-hybridized carbons (Fsp3) is 0. The molecule has 0 amide bonds. The highest BCUT2D eigenvalue weighted by Crippen LogP contribution is 2.35. The van der Waals surface area contributed by atoms with Gasteiger partial charge in [0.2, 0.25) is 0 Å². The van der Waals surface area contributed by atoms with Crippen molar-refractivity contribution in [3.63, 3.8) is 0 Å². The molecule has 2 aromatic heterocycles. The van der Waals surface area contributed by atoms with E-state index >= 15 is 0 Å². The predicted octanol–water partition coefficient (Wildman–Crippen LogP) is 4.48. The van der Waals surface area contributed by atoms with Gasteiger partial charge in [0, 0.05) is 23.5 Å². The van der Waals surface area contributed by atoms with Crippen molar-refractivity contribution in [1.82, 2.24) is 9.97 Å². The van der Waals surface area contributed by atoms with Crippen molar-refractivity contribution in [1.29, 1.82) is 0 Å². The summed E-state index contributed by atoms with van der Waals surface area (Å²) in [5.74, 6) is 0.266. The molecule has 2 heterocycles. The highest BCUT2D eigenvalue weighted by molar-refractivity contribution is 6.23. The fourth-order valence-electron chi connectivity index (χ4n) is 3.25. The van der Waals surface area contributed by atoms with Gasteiger partial charge in [0.1, 0.15) is 5.75 Å². The second-order valence-electron chi connectivity index (χ2n) is 5.98. The van der Waals surface area contributed by atoms with Crippen LogP contribution in [0.1, 0.15) is 11.1 Å². The number of hydrogen-bond acceptors (Lipinski definition) is 4. The van der Waals surface area contributed by atoms with Gasteiger partial charge in [0.25, 0.3) is 0 Å². The summed E-state index contributed by atoms with van der Waals surface area (Å²) in [5.41, 5.74) is 5.51. The fourth-order valence-corrected chi connectivity index (χ4v) is 3.25. The first-order valence-corrected chi connectivity index (χ1v) is 8.02. The van der Waals surface area contributed by atoms with Crippen LogP contribution < -0.4 is 0 Å². The van der Waals surface area contributed by atoms with Gasteiger partial charge in [0.15, 0.2) is 0 Å². The highest BCUT2D eigenvalue weighted by Gasteiger charge is 2.26. The first-order valence-electron chi connectivity index (χ1n) is 8.02. The van der Waals surface area contributed by atoms with Gasteiger partial charge < -0.3 is 5.11 Å². The number of rotatable bonds is 1. The summed E-state index contributed by atoms with van der Waals surface area (Å²) in [7, 11) is 0. The van der Waals surface area contributed by atoms with Crippen molar-refractivity contribution in [3.8, 4) is 17.1 Å². The topological polar surface area (TPSA) is 58.4 Å². The minimum Gasteiger partial charge on any atom is -0.508 e. The van der Waals surface area contributed by atoms with Crippen LogP contribution in [0.4, 0.5) is 5.69 Å². The lowest BCUT2D eigenvalue weighted by Gasteiger charge is -2.04. The number of phenols is 1. The molecule has 2 aromatic carbocycles. The molecular formula is C21H13N3O. The van der Waals surface area contributed by atoms with Crippen LogP contribution in [0.5, 0.6) is 5.75 Å². The molecule has 0 saturated heterocycles. The molecule has 4 nitrogen and oxygen atoms in total. The molecule has 0 radical (unpaired) electrons. The van der Waals surface area contributed by atoms with Crippen molar-refractivity contribution in [2.75, 3.05) is 0 Å². The van der Waals surface area contributed by atoms with Gasteiger partial charge in [-0.3, -0.25) is 9.97 Å². The zero-order valence-electron chi connectivity index (χ0n) is 13.2. The number of hydrogen-bond donors (Lipinski definition) is 1. The Morgan fingerprint density at radius 1 is 0.720 bits per heavy atom. The van der Waals surface area contributed by atoms with E-state index in [4.69, 9.17) is 4.99 Å². The summed E-state index contributed by atoms with van der Waals surface area (Å²) in [6, 6.07) is 19.2. The Labute approximate surface area is 144 Å². The van der Waals surface area contributed by atoms with Crippen molar-refractivity contribution in [2.24, 2.45) is 4.99 Å². The molecule has 1 aliphatic carbocycles. The largest absolute Gasteiger partial charge is 0.508 e. The van der Waals surface area contributed by atoms with E-state index < -0.39 is 0 Å². The molecule has 0 bridgehead atoms. The smallest absolute Gasteiger partial charge is 0.116 e. The lowest BCUT2D eigenvalue weighted by Crippen LogP contribution is -1.97. The molecule has 0 spiro atoms. The van der Waals surface area contributed by atoms with E-state index in [0.717, 1.165) is 44.7 Å². The number of aliphatic imine (C=N–C) groups is 1. The van der Waals surface area contributed by atoms with Gasteiger partial charge in [-0.25, -0.2) is 4.99 Å². The summed E-state index contributed by atoms with van der Waals surface area (Å²) in [5, 5.41) is 11.6. The second-order valence-corrected chi connectivity index (χ2v) is 5.98. The number of phenolic OH excluding ortho intramolecular Hbond substituents is 1. The quantitative estimate of drug-likeness (QED) is 0.494. The molecule has 0 atom stereocenters. The number of pyridine rings is 2. The molecule has 4 aromatic rings. The van der Waals surface area contributed by atoms with Crippen LogP contribution in [-0.4, -0.2) is 20.8 Å². The van der Waals surface area contributed by atoms with E-state index in [2.05, 4.69) is 9.97 Å². The SMILES string of the molecule is Oc1ccc2cc(N=C3c4cccnc4-c4ncccc43)ccc2c1. The molecule has 4 heteroatoms. The van der Waals surface area contributed by atoms with Gasteiger partial charge >= 0.3 is 0 Å². The molecule has 118 valence electrons. The summed E-state index contributed by atoms with van der Waals surface area (Å²) < 4.78 is 0.